The molecule has 112 valence electrons. The van der Waals surface area contributed by atoms with E-state index in [2.05, 4.69) is 9.88 Å². The fraction of sp³-hybridized carbons (Fsp3) is 0.667. The third-order valence-corrected chi connectivity index (χ3v) is 3.61. The van der Waals surface area contributed by atoms with Crippen molar-refractivity contribution in [3.05, 3.63) is 23.9 Å². The third-order valence-electron chi connectivity index (χ3n) is 3.61. The van der Waals surface area contributed by atoms with Gasteiger partial charge in [0.25, 0.3) is 0 Å². The summed E-state index contributed by atoms with van der Waals surface area (Å²) in [7, 11) is 0. The summed E-state index contributed by atoms with van der Waals surface area (Å²) in [6, 6.07) is 4.03. The Morgan fingerprint density at radius 1 is 1.35 bits per heavy atom. The van der Waals surface area contributed by atoms with Gasteiger partial charge in [-0.05, 0) is 43.9 Å². The van der Waals surface area contributed by atoms with Crippen molar-refractivity contribution in [2.24, 2.45) is 5.73 Å². The molecule has 0 atom stereocenters. The predicted octanol–water partition coefficient (Wildman–Crippen LogP) is 1.16. The zero-order valence-corrected chi connectivity index (χ0v) is 12.0. The number of piperidine rings is 1. The molecule has 2 heterocycles. The summed E-state index contributed by atoms with van der Waals surface area (Å²) in [6.45, 7) is 4.18. The maximum Gasteiger partial charge on any atom is 0.213 e. The summed E-state index contributed by atoms with van der Waals surface area (Å²) >= 11 is 0. The van der Waals surface area contributed by atoms with Crippen LogP contribution in [0.2, 0.25) is 0 Å². The number of hydrogen-bond donors (Lipinski definition) is 2. The van der Waals surface area contributed by atoms with Crippen LogP contribution in [0.5, 0.6) is 5.88 Å². The topological polar surface area (TPSA) is 71.6 Å². The average Bonchev–Trinajstić information content (AvgIpc) is 2.47. The molecule has 1 aliphatic rings. The van der Waals surface area contributed by atoms with Crippen molar-refractivity contribution in [3.8, 4) is 5.88 Å². The quantitative estimate of drug-likeness (QED) is 0.733. The number of nitrogens with two attached hydrogens (primary N) is 1. The van der Waals surface area contributed by atoms with E-state index >= 15 is 0 Å². The van der Waals surface area contributed by atoms with Gasteiger partial charge < -0.3 is 15.6 Å². The zero-order valence-electron chi connectivity index (χ0n) is 12.0. The molecule has 0 amide bonds. The monoisotopic (exact) mass is 279 g/mol. The van der Waals surface area contributed by atoms with E-state index in [1.807, 2.05) is 12.1 Å². The van der Waals surface area contributed by atoms with E-state index in [-0.39, 0.29) is 6.10 Å². The minimum Gasteiger partial charge on any atom is -0.478 e. The fourth-order valence-corrected chi connectivity index (χ4v) is 2.39. The van der Waals surface area contributed by atoms with Gasteiger partial charge in [-0.2, -0.15) is 0 Å². The highest BCUT2D eigenvalue weighted by Gasteiger charge is 2.16. The van der Waals surface area contributed by atoms with Crippen molar-refractivity contribution < 1.29 is 9.84 Å². The van der Waals surface area contributed by atoms with Crippen LogP contribution < -0.4 is 10.5 Å². The molecule has 1 aliphatic heterocycles. The van der Waals surface area contributed by atoms with Gasteiger partial charge >= 0.3 is 0 Å². The normalized spacial score (nSPS) is 17.3. The molecule has 5 nitrogen and oxygen atoms in total. The Labute approximate surface area is 120 Å². The summed E-state index contributed by atoms with van der Waals surface area (Å²) in [4.78, 5) is 6.59. The SMILES string of the molecule is NCCCCOc1cc(CN2CCC(O)CC2)ccn1. The fourth-order valence-electron chi connectivity index (χ4n) is 2.39. The van der Waals surface area contributed by atoms with Gasteiger partial charge in [0.05, 0.1) is 12.7 Å². The van der Waals surface area contributed by atoms with Crippen LogP contribution in [0.1, 0.15) is 31.2 Å². The molecular formula is C15H25N3O2. The molecule has 5 heteroatoms. The molecule has 20 heavy (non-hydrogen) atoms. The van der Waals surface area contributed by atoms with Crippen LogP contribution in [0.4, 0.5) is 0 Å². The minimum absolute atomic E-state index is 0.120. The Morgan fingerprint density at radius 3 is 2.90 bits per heavy atom. The second kappa shape index (κ2) is 8.19. The van der Waals surface area contributed by atoms with Gasteiger partial charge in [0.2, 0.25) is 5.88 Å². The maximum absolute atomic E-state index is 9.51. The number of pyridine rings is 1. The van der Waals surface area contributed by atoms with Crippen LogP contribution in [0.3, 0.4) is 0 Å². The Morgan fingerprint density at radius 2 is 2.15 bits per heavy atom. The van der Waals surface area contributed by atoms with Gasteiger partial charge in [-0.15, -0.1) is 0 Å². The molecule has 0 radical (unpaired) electrons. The first-order chi connectivity index (χ1) is 9.78. The molecule has 2 rings (SSSR count). The van der Waals surface area contributed by atoms with E-state index < -0.39 is 0 Å². The lowest BCUT2D eigenvalue weighted by molar-refractivity contribution is 0.0792. The summed E-state index contributed by atoms with van der Waals surface area (Å²) in [5.74, 6) is 0.691. The molecule has 0 aliphatic carbocycles. The number of hydrogen-bond acceptors (Lipinski definition) is 5. The van der Waals surface area contributed by atoms with Crippen LogP contribution in [0.15, 0.2) is 18.3 Å². The second-order valence-electron chi connectivity index (χ2n) is 5.35. The van der Waals surface area contributed by atoms with Crippen molar-refractivity contribution in [1.29, 1.82) is 0 Å². The number of aliphatic hydroxyl groups is 1. The molecule has 1 aromatic rings. The first kappa shape index (κ1) is 15.2. The van der Waals surface area contributed by atoms with Gasteiger partial charge in [0.1, 0.15) is 0 Å². The first-order valence-electron chi connectivity index (χ1n) is 7.46. The van der Waals surface area contributed by atoms with Gasteiger partial charge in [0.15, 0.2) is 0 Å². The van der Waals surface area contributed by atoms with Crippen molar-refractivity contribution >= 4 is 0 Å². The molecule has 1 fully saturated rings. The lowest BCUT2D eigenvalue weighted by atomic mass is 10.1. The molecule has 1 aromatic heterocycles. The highest BCUT2D eigenvalue weighted by Crippen LogP contribution is 2.16. The summed E-state index contributed by atoms with van der Waals surface area (Å²) in [5.41, 5.74) is 6.66. The second-order valence-corrected chi connectivity index (χ2v) is 5.35. The van der Waals surface area contributed by atoms with Crippen molar-refractivity contribution in [3.63, 3.8) is 0 Å². The Balaban J connectivity index is 1.79. The first-order valence-corrected chi connectivity index (χ1v) is 7.46. The Bertz CT molecular complexity index is 392. The molecular weight excluding hydrogens is 254 g/mol. The lowest BCUT2D eigenvalue weighted by Crippen LogP contribution is -2.35. The highest BCUT2D eigenvalue weighted by atomic mass is 16.5. The molecule has 0 aromatic carbocycles. The molecule has 1 saturated heterocycles. The van der Waals surface area contributed by atoms with Gasteiger partial charge in [0, 0.05) is 31.9 Å². The van der Waals surface area contributed by atoms with E-state index in [4.69, 9.17) is 10.5 Å². The van der Waals surface area contributed by atoms with E-state index in [0.29, 0.717) is 19.0 Å². The van der Waals surface area contributed by atoms with Crippen LogP contribution >= 0.6 is 0 Å². The van der Waals surface area contributed by atoms with Crippen molar-refractivity contribution in [2.45, 2.75) is 38.3 Å². The number of rotatable bonds is 7. The maximum atomic E-state index is 9.51. The summed E-state index contributed by atoms with van der Waals surface area (Å²) in [5, 5.41) is 9.51. The lowest BCUT2D eigenvalue weighted by Gasteiger charge is -2.29. The molecule has 0 spiro atoms. The Kier molecular flexibility index (Phi) is 6.24. The predicted molar refractivity (Wildman–Crippen MR) is 78.5 cm³/mol. The van der Waals surface area contributed by atoms with Gasteiger partial charge in [-0.3, -0.25) is 4.90 Å². The van der Waals surface area contributed by atoms with E-state index in [0.717, 1.165) is 45.3 Å². The number of nitrogens with zero attached hydrogens (tertiary/aromatic N) is 2. The van der Waals surface area contributed by atoms with E-state index in [1.54, 1.807) is 6.20 Å². The van der Waals surface area contributed by atoms with Gasteiger partial charge in [-0.1, -0.05) is 0 Å². The number of ether oxygens (including phenoxy) is 1. The number of aliphatic hydroxyl groups excluding tert-OH is 1. The smallest absolute Gasteiger partial charge is 0.213 e. The summed E-state index contributed by atoms with van der Waals surface area (Å²) < 4.78 is 5.63. The minimum atomic E-state index is -0.120. The van der Waals surface area contributed by atoms with Crippen LogP contribution in [0.25, 0.3) is 0 Å². The Hall–Kier alpha value is -1.17. The van der Waals surface area contributed by atoms with E-state index in [9.17, 15) is 5.11 Å². The zero-order chi connectivity index (χ0) is 14.2. The van der Waals surface area contributed by atoms with Crippen molar-refractivity contribution in [1.82, 2.24) is 9.88 Å². The molecule has 0 unspecified atom stereocenters. The van der Waals surface area contributed by atoms with Crippen LogP contribution in [-0.2, 0) is 6.54 Å². The highest BCUT2D eigenvalue weighted by molar-refractivity contribution is 5.20. The number of aromatic nitrogens is 1. The number of unbranched alkanes of at least 4 members (excludes halogenated alkanes) is 1. The van der Waals surface area contributed by atoms with E-state index in [1.165, 1.54) is 5.56 Å². The largest absolute Gasteiger partial charge is 0.478 e. The molecule has 0 saturated carbocycles. The van der Waals surface area contributed by atoms with Gasteiger partial charge in [-0.25, -0.2) is 4.98 Å². The van der Waals surface area contributed by atoms with Crippen LogP contribution in [0, 0.1) is 0 Å². The third kappa shape index (κ3) is 5.07. The average molecular weight is 279 g/mol. The molecule has 3 N–H and O–H groups in total. The molecule has 0 bridgehead atoms. The summed E-state index contributed by atoms with van der Waals surface area (Å²) in [6.07, 6.45) is 5.36. The van der Waals surface area contributed by atoms with Crippen LogP contribution in [-0.4, -0.2) is 47.3 Å². The number of likely N-dealkylation sites (tertiary alicyclic amines) is 1. The standard InChI is InChI=1S/C15H25N3O2/c16-6-1-2-10-20-15-11-13(3-7-17-15)12-18-8-4-14(19)5-9-18/h3,7,11,14,19H,1-2,4-6,8-10,12,16H2. The van der Waals surface area contributed by atoms with Crippen molar-refractivity contribution in [2.75, 3.05) is 26.2 Å².